The van der Waals surface area contributed by atoms with Gasteiger partial charge >= 0.3 is 0 Å². The summed E-state index contributed by atoms with van der Waals surface area (Å²) in [5.41, 5.74) is 5.99. The second kappa shape index (κ2) is 5.98. The van der Waals surface area contributed by atoms with Crippen LogP contribution >= 0.6 is 27.5 Å². The van der Waals surface area contributed by atoms with Crippen molar-refractivity contribution in [2.45, 2.75) is 27.3 Å². The smallest absolute Gasteiger partial charge is 0.0502 e. The fourth-order valence-corrected chi connectivity index (χ4v) is 2.72. The summed E-state index contributed by atoms with van der Waals surface area (Å²) in [6, 6.07) is 10.5. The van der Waals surface area contributed by atoms with Gasteiger partial charge in [-0.3, -0.25) is 0 Å². The molecule has 1 nitrogen and oxygen atoms in total. The number of benzene rings is 2. The molecular weight excluding hydrogens is 322 g/mol. The molecule has 3 heteroatoms. The highest BCUT2D eigenvalue weighted by atomic mass is 79.9. The number of nitrogens with one attached hydrogen (secondary N) is 1. The van der Waals surface area contributed by atoms with Crippen molar-refractivity contribution >= 4 is 33.2 Å². The zero-order valence-corrected chi connectivity index (χ0v) is 13.7. The number of hydrogen-bond donors (Lipinski definition) is 1. The SMILES string of the molecule is Cc1ccc(C)c(CNc2cc(Cl)c(C)cc2Br)c1. The van der Waals surface area contributed by atoms with Crippen LogP contribution in [0.15, 0.2) is 34.8 Å². The molecule has 1 N–H and O–H groups in total. The molecule has 2 aromatic rings. The third-order valence-corrected chi connectivity index (χ3v) is 4.29. The highest BCUT2D eigenvalue weighted by molar-refractivity contribution is 9.10. The monoisotopic (exact) mass is 337 g/mol. The first-order valence-electron chi connectivity index (χ1n) is 6.23. The molecule has 0 amide bonds. The maximum atomic E-state index is 6.16. The minimum absolute atomic E-state index is 0.784. The summed E-state index contributed by atoms with van der Waals surface area (Å²) in [6.07, 6.45) is 0. The van der Waals surface area contributed by atoms with Crippen LogP contribution in [-0.4, -0.2) is 0 Å². The van der Waals surface area contributed by atoms with Gasteiger partial charge < -0.3 is 5.32 Å². The van der Waals surface area contributed by atoms with E-state index in [2.05, 4.69) is 53.3 Å². The largest absolute Gasteiger partial charge is 0.380 e. The van der Waals surface area contributed by atoms with Gasteiger partial charge in [0.1, 0.15) is 0 Å². The lowest BCUT2D eigenvalue weighted by Gasteiger charge is -2.12. The number of halogens is 2. The highest BCUT2D eigenvalue weighted by Crippen LogP contribution is 2.29. The van der Waals surface area contributed by atoms with Crippen molar-refractivity contribution in [2.75, 3.05) is 5.32 Å². The molecule has 0 aromatic heterocycles. The predicted molar refractivity (Wildman–Crippen MR) is 87.1 cm³/mol. The molecule has 0 unspecified atom stereocenters. The maximum Gasteiger partial charge on any atom is 0.0502 e. The predicted octanol–water partition coefficient (Wildman–Crippen LogP) is 5.64. The third-order valence-electron chi connectivity index (χ3n) is 3.22. The Morgan fingerprint density at radius 2 is 1.79 bits per heavy atom. The van der Waals surface area contributed by atoms with Gasteiger partial charge in [0, 0.05) is 16.0 Å². The molecule has 0 heterocycles. The van der Waals surface area contributed by atoms with Crippen molar-refractivity contribution in [3.05, 3.63) is 62.1 Å². The van der Waals surface area contributed by atoms with Gasteiger partial charge in [-0.15, -0.1) is 0 Å². The summed E-state index contributed by atoms with van der Waals surface area (Å²) in [5, 5.41) is 4.22. The normalized spacial score (nSPS) is 10.6. The number of rotatable bonds is 3. The van der Waals surface area contributed by atoms with Gasteiger partial charge in [-0.1, -0.05) is 35.4 Å². The molecule has 0 saturated heterocycles. The van der Waals surface area contributed by atoms with Crippen molar-refractivity contribution in [3.8, 4) is 0 Å². The van der Waals surface area contributed by atoms with Gasteiger partial charge in [0.2, 0.25) is 0 Å². The van der Waals surface area contributed by atoms with E-state index in [1.807, 2.05) is 19.1 Å². The van der Waals surface area contributed by atoms with Crippen LogP contribution in [0.5, 0.6) is 0 Å². The minimum Gasteiger partial charge on any atom is -0.380 e. The Kier molecular flexibility index (Phi) is 4.54. The van der Waals surface area contributed by atoms with E-state index in [9.17, 15) is 0 Å². The van der Waals surface area contributed by atoms with E-state index in [-0.39, 0.29) is 0 Å². The van der Waals surface area contributed by atoms with Gasteiger partial charge in [-0.2, -0.15) is 0 Å². The molecule has 2 rings (SSSR count). The summed E-state index contributed by atoms with van der Waals surface area (Å²) in [6.45, 7) is 7.04. The summed E-state index contributed by atoms with van der Waals surface area (Å²) in [5.74, 6) is 0. The fraction of sp³-hybridized carbons (Fsp3) is 0.250. The van der Waals surface area contributed by atoms with E-state index < -0.39 is 0 Å². The molecule has 0 fully saturated rings. The Hall–Kier alpha value is -0.990. The van der Waals surface area contributed by atoms with Crippen LogP contribution in [0.1, 0.15) is 22.3 Å². The van der Waals surface area contributed by atoms with E-state index in [1.54, 1.807) is 0 Å². The summed E-state index contributed by atoms with van der Waals surface area (Å²) in [7, 11) is 0. The van der Waals surface area contributed by atoms with Crippen LogP contribution in [0, 0.1) is 20.8 Å². The van der Waals surface area contributed by atoms with Crippen LogP contribution in [0.2, 0.25) is 5.02 Å². The number of hydrogen-bond acceptors (Lipinski definition) is 1. The van der Waals surface area contributed by atoms with Gasteiger partial charge in [-0.25, -0.2) is 0 Å². The van der Waals surface area contributed by atoms with E-state index in [4.69, 9.17) is 11.6 Å². The molecule has 0 aliphatic rings. The van der Waals surface area contributed by atoms with E-state index in [1.165, 1.54) is 16.7 Å². The highest BCUT2D eigenvalue weighted by Gasteiger charge is 2.05. The number of aryl methyl sites for hydroxylation is 3. The first kappa shape index (κ1) is 14.4. The van der Waals surface area contributed by atoms with Crippen molar-refractivity contribution < 1.29 is 0 Å². The van der Waals surface area contributed by atoms with Crippen molar-refractivity contribution in [1.82, 2.24) is 0 Å². The van der Waals surface area contributed by atoms with Crippen molar-refractivity contribution in [1.29, 1.82) is 0 Å². The van der Waals surface area contributed by atoms with Gasteiger partial charge in [0.25, 0.3) is 0 Å². The molecule has 19 heavy (non-hydrogen) atoms. The minimum atomic E-state index is 0.784. The van der Waals surface area contributed by atoms with Crippen molar-refractivity contribution in [2.24, 2.45) is 0 Å². The first-order valence-corrected chi connectivity index (χ1v) is 7.40. The lowest BCUT2D eigenvalue weighted by Crippen LogP contribution is -2.02. The van der Waals surface area contributed by atoms with Crippen LogP contribution < -0.4 is 5.32 Å². The van der Waals surface area contributed by atoms with Crippen LogP contribution in [0.3, 0.4) is 0 Å². The zero-order chi connectivity index (χ0) is 14.0. The topological polar surface area (TPSA) is 12.0 Å². The number of anilines is 1. The lowest BCUT2D eigenvalue weighted by atomic mass is 10.1. The van der Waals surface area contributed by atoms with E-state index >= 15 is 0 Å². The zero-order valence-electron chi connectivity index (χ0n) is 11.3. The molecule has 0 aliphatic carbocycles. The van der Waals surface area contributed by atoms with E-state index in [0.29, 0.717) is 0 Å². The quantitative estimate of drug-likeness (QED) is 0.763. The van der Waals surface area contributed by atoms with Crippen molar-refractivity contribution in [3.63, 3.8) is 0 Å². The van der Waals surface area contributed by atoms with Crippen LogP contribution in [0.25, 0.3) is 0 Å². The molecule has 0 radical (unpaired) electrons. The Labute approximate surface area is 128 Å². The molecule has 0 aliphatic heterocycles. The molecule has 100 valence electrons. The van der Waals surface area contributed by atoms with Gasteiger partial charge in [0.15, 0.2) is 0 Å². The van der Waals surface area contributed by atoms with Crippen LogP contribution in [-0.2, 0) is 6.54 Å². The average molecular weight is 339 g/mol. The second-order valence-corrected chi connectivity index (χ2v) is 6.13. The fourth-order valence-electron chi connectivity index (χ4n) is 1.96. The standard InChI is InChI=1S/C16H17BrClN/c1-10-4-5-11(2)13(6-10)9-19-16-8-15(18)12(3)7-14(16)17/h4-8,19H,9H2,1-3H3. The molecule has 0 atom stereocenters. The van der Waals surface area contributed by atoms with Crippen LogP contribution in [0.4, 0.5) is 5.69 Å². The molecule has 0 bridgehead atoms. The Bertz CT molecular complexity index is 608. The second-order valence-electron chi connectivity index (χ2n) is 4.86. The molecule has 0 spiro atoms. The summed E-state index contributed by atoms with van der Waals surface area (Å²) in [4.78, 5) is 0. The molecular formula is C16H17BrClN. The molecule has 0 saturated carbocycles. The third kappa shape index (κ3) is 3.52. The van der Waals surface area contributed by atoms with Gasteiger partial charge in [-0.05, 0) is 65.5 Å². The Morgan fingerprint density at radius 1 is 1.05 bits per heavy atom. The summed E-state index contributed by atoms with van der Waals surface area (Å²) < 4.78 is 1.04. The maximum absolute atomic E-state index is 6.16. The molecule has 2 aromatic carbocycles. The lowest BCUT2D eigenvalue weighted by molar-refractivity contribution is 1.11. The van der Waals surface area contributed by atoms with Gasteiger partial charge in [0.05, 0.1) is 5.69 Å². The Morgan fingerprint density at radius 3 is 2.53 bits per heavy atom. The summed E-state index contributed by atoms with van der Waals surface area (Å²) >= 11 is 9.73. The average Bonchev–Trinajstić information content (AvgIpc) is 2.36. The van der Waals surface area contributed by atoms with E-state index in [0.717, 1.165) is 27.3 Å². The first-order chi connectivity index (χ1) is 8.97. The Balaban J connectivity index is 2.19.